The van der Waals surface area contributed by atoms with Crippen LogP contribution in [0.2, 0.25) is 0 Å². The van der Waals surface area contributed by atoms with Gasteiger partial charge >= 0.3 is 0 Å². The third kappa shape index (κ3) is 4.37. The molecule has 104 valence electrons. The lowest BCUT2D eigenvalue weighted by Crippen LogP contribution is -2.52. The van der Waals surface area contributed by atoms with E-state index in [0.717, 1.165) is 12.8 Å². The molecule has 0 aliphatic carbocycles. The highest BCUT2D eigenvalue weighted by Gasteiger charge is 2.34. The van der Waals surface area contributed by atoms with Crippen LogP contribution in [0.5, 0.6) is 0 Å². The molecule has 1 saturated heterocycles. The molecule has 2 N–H and O–H groups in total. The van der Waals surface area contributed by atoms with E-state index in [1.807, 2.05) is 0 Å². The van der Waals surface area contributed by atoms with Crippen LogP contribution in [-0.2, 0) is 14.8 Å². The van der Waals surface area contributed by atoms with Gasteiger partial charge in [-0.1, -0.05) is 6.92 Å². The quantitative estimate of drug-likeness (QED) is 0.796. The van der Waals surface area contributed by atoms with E-state index in [0.29, 0.717) is 19.0 Å². The Labute approximate surface area is 110 Å². The summed E-state index contributed by atoms with van der Waals surface area (Å²) in [6.45, 7) is 3.30. The molecule has 0 radical (unpaired) electrons. The van der Waals surface area contributed by atoms with Gasteiger partial charge in [-0.3, -0.25) is 0 Å². The van der Waals surface area contributed by atoms with Crippen LogP contribution in [0.15, 0.2) is 0 Å². The Morgan fingerprint density at radius 2 is 2.12 bits per heavy atom. The summed E-state index contributed by atoms with van der Waals surface area (Å²) in [7, 11) is -1.70. The fraction of sp³-hybridized carbons (Fsp3) is 1.00. The second-order valence-corrected chi connectivity index (χ2v) is 6.38. The van der Waals surface area contributed by atoms with Crippen LogP contribution in [0, 0.1) is 5.92 Å². The van der Waals surface area contributed by atoms with E-state index >= 15 is 0 Å². The molecule has 7 heteroatoms. The summed E-state index contributed by atoms with van der Waals surface area (Å²) in [5.74, 6) is 0.392. The first-order chi connectivity index (χ1) is 7.53. The Bertz CT molecular complexity index is 311. The van der Waals surface area contributed by atoms with E-state index in [9.17, 15) is 8.42 Å². The van der Waals surface area contributed by atoms with E-state index in [2.05, 4.69) is 6.92 Å². The third-order valence-electron chi connectivity index (χ3n) is 3.21. The van der Waals surface area contributed by atoms with Gasteiger partial charge in [-0.25, -0.2) is 8.42 Å². The van der Waals surface area contributed by atoms with Gasteiger partial charge in [0, 0.05) is 26.2 Å². The van der Waals surface area contributed by atoms with Crippen LogP contribution < -0.4 is 5.73 Å². The first kappa shape index (κ1) is 17.1. The molecular weight excluding hydrogens is 264 g/mol. The molecule has 0 aromatic carbocycles. The molecule has 1 rings (SSSR count). The lowest BCUT2D eigenvalue weighted by molar-refractivity contribution is 0.185. The van der Waals surface area contributed by atoms with Crippen molar-refractivity contribution in [3.63, 3.8) is 0 Å². The highest BCUT2D eigenvalue weighted by molar-refractivity contribution is 7.89. The number of hydrogen-bond donors (Lipinski definition) is 1. The van der Waals surface area contributed by atoms with Crippen molar-refractivity contribution in [3.05, 3.63) is 0 Å². The van der Waals surface area contributed by atoms with E-state index < -0.39 is 10.0 Å². The van der Waals surface area contributed by atoms with Gasteiger partial charge in [-0.15, -0.1) is 12.4 Å². The number of ether oxygens (including phenoxy) is 1. The minimum absolute atomic E-state index is 0. The molecule has 0 spiro atoms. The largest absolute Gasteiger partial charge is 0.384 e. The molecule has 0 bridgehead atoms. The van der Waals surface area contributed by atoms with Gasteiger partial charge in [0.25, 0.3) is 0 Å². The Kier molecular flexibility index (Phi) is 7.58. The molecule has 0 amide bonds. The number of nitrogens with zero attached hydrogens (tertiary/aromatic N) is 1. The molecule has 17 heavy (non-hydrogen) atoms. The van der Waals surface area contributed by atoms with E-state index in [4.69, 9.17) is 10.5 Å². The van der Waals surface area contributed by atoms with Crippen molar-refractivity contribution < 1.29 is 13.2 Å². The first-order valence-electron chi connectivity index (χ1n) is 5.71. The average Bonchev–Trinajstić information content (AvgIpc) is 2.26. The minimum Gasteiger partial charge on any atom is -0.384 e. The van der Waals surface area contributed by atoms with Crippen LogP contribution in [0.4, 0.5) is 0 Å². The zero-order chi connectivity index (χ0) is 12.2. The summed E-state index contributed by atoms with van der Waals surface area (Å²) >= 11 is 0. The standard InChI is InChI=1S/C10H22N2O3S.ClH/c1-9-4-3-5-12(10(9)8-11)16(13,14)7-6-15-2;/h9-10H,3-8,11H2,1-2H3;1H. The monoisotopic (exact) mass is 286 g/mol. The zero-order valence-corrected chi connectivity index (χ0v) is 12.1. The molecule has 2 unspecified atom stereocenters. The van der Waals surface area contributed by atoms with Crippen molar-refractivity contribution in [2.24, 2.45) is 11.7 Å². The Balaban J connectivity index is 0.00000256. The maximum absolute atomic E-state index is 12.0. The van der Waals surface area contributed by atoms with Crippen molar-refractivity contribution in [2.45, 2.75) is 25.8 Å². The van der Waals surface area contributed by atoms with E-state index in [-0.39, 0.29) is 30.8 Å². The number of methoxy groups -OCH3 is 1. The minimum atomic E-state index is -3.21. The molecule has 0 aromatic rings. The SMILES string of the molecule is COCCS(=O)(=O)N1CCCC(C)C1CN.Cl. The number of halogens is 1. The van der Waals surface area contributed by atoms with Crippen LogP contribution in [0.1, 0.15) is 19.8 Å². The third-order valence-corrected chi connectivity index (χ3v) is 5.06. The second-order valence-electron chi connectivity index (χ2n) is 4.34. The molecule has 0 saturated carbocycles. The van der Waals surface area contributed by atoms with Gasteiger partial charge in [0.2, 0.25) is 10.0 Å². The summed E-state index contributed by atoms with van der Waals surface area (Å²) in [5, 5.41) is 0. The number of nitrogens with two attached hydrogens (primary N) is 1. The average molecular weight is 287 g/mol. The van der Waals surface area contributed by atoms with Crippen LogP contribution in [0.3, 0.4) is 0 Å². The molecule has 0 aromatic heterocycles. The van der Waals surface area contributed by atoms with Gasteiger partial charge in [0.15, 0.2) is 0 Å². The van der Waals surface area contributed by atoms with E-state index in [1.54, 1.807) is 4.31 Å². The first-order valence-corrected chi connectivity index (χ1v) is 7.32. The lowest BCUT2D eigenvalue weighted by Gasteiger charge is -2.38. The molecule has 1 aliphatic heterocycles. The number of sulfonamides is 1. The maximum atomic E-state index is 12.0. The summed E-state index contributed by atoms with van der Waals surface area (Å²) in [5.41, 5.74) is 5.67. The summed E-state index contributed by atoms with van der Waals surface area (Å²) in [6, 6.07) is -0.0457. The summed E-state index contributed by atoms with van der Waals surface area (Å²) in [4.78, 5) is 0. The summed E-state index contributed by atoms with van der Waals surface area (Å²) in [6.07, 6.45) is 1.97. The fourth-order valence-electron chi connectivity index (χ4n) is 2.21. The molecular formula is C10H23ClN2O3S. The predicted molar refractivity (Wildman–Crippen MR) is 70.9 cm³/mol. The predicted octanol–water partition coefficient (Wildman–Crippen LogP) is 0.444. The van der Waals surface area contributed by atoms with Crippen LogP contribution >= 0.6 is 12.4 Å². The van der Waals surface area contributed by atoms with Gasteiger partial charge in [0.1, 0.15) is 0 Å². The van der Waals surface area contributed by atoms with Gasteiger partial charge in [0.05, 0.1) is 12.4 Å². The summed E-state index contributed by atoms with van der Waals surface area (Å²) < 4.78 is 30.5. The van der Waals surface area contributed by atoms with Crippen molar-refractivity contribution >= 4 is 22.4 Å². The Hall–Kier alpha value is 0.120. The van der Waals surface area contributed by atoms with E-state index in [1.165, 1.54) is 7.11 Å². The second kappa shape index (κ2) is 7.53. The van der Waals surface area contributed by atoms with Crippen molar-refractivity contribution in [2.75, 3.05) is 32.6 Å². The van der Waals surface area contributed by atoms with Gasteiger partial charge in [-0.05, 0) is 18.8 Å². The maximum Gasteiger partial charge on any atom is 0.216 e. The molecule has 2 atom stereocenters. The van der Waals surface area contributed by atoms with Crippen LogP contribution in [-0.4, -0.2) is 51.3 Å². The molecule has 1 aliphatic rings. The topological polar surface area (TPSA) is 72.6 Å². The molecule has 1 heterocycles. The molecule has 1 fully saturated rings. The highest BCUT2D eigenvalue weighted by Crippen LogP contribution is 2.25. The van der Waals surface area contributed by atoms with Gasteiger partial charge < -0.3 is 10.5 Å². The van der Waals surface area contributed by atoms with Crippen molar-refractivity contribution in [1.29, 1.82) is 0 Å². The number of rotatable bonds is 5. The lowest BCUT2D eigenvalue weighted by atomic mass is 9.93. The normalized spacial score (nSPS) is 26.5. The number of hydrogen-bond acceptors (Lipinski definition) is 4. The highest BCUT2D eigenvalue weighted by atomic mass is 35.5. The Morgan fingerprint density at radius 3 is 2.65 bits per heavy atom. The van der Waals surface area contributed by atoms with Gasteiger partial charge in [-0.2, -0.15) is 4.31 Å². The van der Waals surface area contributed by atoms with Crippen LogP contribution in [0.25, 0.3) is 0 Å². The smallest absolute Gasteiger partial charge is 0.216 e. The fourth-order valence-corrected chi connectivity index (χ4v) is 3.94. The van der Waals surface area contributed by atoms with Crippen molar-refractivity contribution in [3.8, 4) is 0 Å². The Morgan fingerprint density at radius 1 is 1.47 bits per heavy atom. The molecule has 5 nitrogen and oxygen atoms in total. The van der Waals surface area contributed by atoms with Crippen molar-refractivity contribution in [1.82, 2.24) is 4.31 Å². The zero-order valence-electron chi connectivity index (χ0n) is 10.5. The number of piperidine rings is 1.